The molecule has 0 saturated heterocycles. The fourth-order valence-corrected chi connectivity index (χ4v) is 2.94. The van der Waals surface area contributed by atoms with E-state index < -0.39 is 0 Å². The average molecular weight is 319 g/mol. The van der Waals surface area contributed by atoms with E-state index in [2.05, 4.69) is 24.1 Å². The summed E-state index contributed by atoms with van der Waals surface area (Å²) < 4.78 is 1.69. The van der Waals surface area contributed by atoms with E-state index in [0.717, 1.165) is 6.42 Å². The summed E-state index contributed by atoms with van der Waals surface area (Å²) in [5.41, 5.74) is 0.637. The Kier molecular flexibility index (Phi) is 5.60. The van der Waals surface area contributed by atoms with E-state index in [1.165, 1.54) is 11.8 Å². The smallest absolute Gasteiger partial charge is 0.262 e. The zero-order chi connectivity index (χ0) is 16.1. The molecule has 1 amide bonds. The molecule has 0 spiro atoms. The molecule has 118 valence electrons. The minimum atomic E-state index is -0.0807. The molecule has 0 aliphatic rings. The van der Waals surface area contributed by atoms with Crippen molar-refractivity contribution in [3.05, 3.63) is 34.6 Å². The maximum absolute atomic E-state index is 12.7. The molecule has 2 rings (SSSR count). The number of nitrogens with zero attached hydrogens (tertiary/aromatic N) is 2. The highest BCUT2D eigenvalue weighted by molar-refractivity contribution is 7.99. The Morgan fingerprint density at radius 1 is 1.36 bits per heavy atom. The van der Waals surface area contributed by atoms with Crippen molar-refractivity contribution in [1.29, 1.82) is 0 Å². The SMILES string of the molecule is CNC(=O)CSc1nc2ccccc2c(=O)n1CCC(C)C. The molecule has 0 atom stereocenters. The summed E-state index contributed by atoms with van der Waals surface area (Å²) in [6, 6.07) is 7.33. The Morgan fingerprint density at radius 3 is 2.77 bits per heavy atom. The zero-order valence-electron chi connectivity index (χ0n) is 13.1. The number of hydrogen-bond donors (Lipinski definition) is 1. The second-order valence-corrected chi connectivity index (χ2v) is 6.46. The maximum Gasteiger partial charge on any atom is 0.262 e. The zero-order valence-corrected chi connectivity index (χ0v) is 13.9. The third-order valence-corrected chi connectivity index (χ3v) is 4.34. The molecule has 6 heteroatoms. The van der Waals surface area contributed by atoms with Gasteiger partial charge >= 0.3 is 0 Å². The Bertz CT molecular complexity index is 725. The minimum absolute atomic E-state index is 0.0364. The summed E-state index contributed by atoms with van der Waals surface area (Å²) in [5, 5.41) is 3.81. The lowest BCUT2D eigenvalue weighted by Gasteiger charge is -2.14. The third kappa shape index (κ3) is 3.88. The van der Waals surface area contributed by atoms with Gasteiger partial charge in [-0.05, 0) is 24.5 Å². The molecule has 1 aromatic carbocycles. The van der Waals surface area contributed by atoms with Crippen molar-refractivity contribution >= 4 is 28.6 Å². The van der Waals surface area contributed by atoms with E-state index in [1.807, 2.05) is 18.2 Å². The molecule has 0 aliphatic heterocycles. The van der Waals surface area contributed by atoms with Crippen molar-refractivity contribution in [3.63, 3.8) is 0 Å². The molecule has 1 heterocycles. The van der Waals surface area contributed by atoms with Gasteiger partial charge in [0.25, 0.3) is 5.56 Å². The Balaban J connectivity index is 2.43. The molecule has 0 aliphatic carbocycles. The summed E-state index contributed by atoms with van der Waals surface area (Å²) in [6.07, 6.45) is 0.896. The van der Waals surface area contributed by atoms with Gasteiger partial charge < -0.3 is 5.32 Å². The fraction of sp³-hybridized carbons (Fsp3) is 0.438. The van der Waals surface area contributed by atoms with Gasteiger partial charge in [0.2, 0.25) is 5.91 Å². The van der Waals surface area contributed by atoms with Crippen molar-refractivity contribution in [1.82, 2.24) is 14.9 Å². The molecular weight excluding hydrogens is 298 g/mol. The van der Waals surface area contributed by atoms with Crippen LogP contribution in [-0.2, 0) is 11.3 Å². The lowest BCUT2D eigenvalue weighted by atomic mass is 10.1. The van der Waals surface area contributed by atoms with Gasteiger partial charge in [-0.15, -0.1) is 0 Å². The lowest BCUT2D eigenvalue weighted by Crippen LogP contribution is -2.25. The van der Waals surface area contributed by atoms with Gasteiger partial charge in [-0.1, -0.05) is 37.7 Å². The molecule has 22 heavy (non-hydrogen) atoms. The van der Waals surface area contributed by atoms with Gasteiger partial charge in [0.15, 0.2) is 5.16 Å². The van der Waals surface area contributed by atoms with Gasteiger partial charge in [0.05, 0.1) is 16.7 Å². The van der Waals surface area contributed by atoms with Crippen molar-refractivity contribution in [2.75, 3.05) is 12.8 Å². The first kappa shape index (κ1) is 16.5. The summed E-state index contributed by atoms with van der Waals surface area (Å²) in [6.45, 7) is 4.86. The number of para-hydroxylation sites is 1. The quantitative estimate of drug-likeness (QED) is 0.655. The van der Waals surface area contributed by atoms with Crippen LogP contribution >= 0.6 is 11.8 Å². The lowest BCUT2D eigenvalue weighted by molar-refractivity contribution is -0.118. The number of aromatic nitrogens is 2. The van der Waals surface area contributed by atoms with Gasteiger partial charge in [-0.25, -0.2) is 4.98 Å². The third-order valence-electron chi connectivity index (χ3n) is 3.37. The van der Waals surface area contributed by atoms with Gasteiger partial charge in [0, 0.05) is 13.6 Å². The Morgan fingerprint density at radius 2 is 2.09 bits per heavy atom. The number of hydrogen-bond acceptors (Lipinski definition) is 4. The van der Waals surface area contributed by atoms with Crippen LogP contribution in [0.15, 0.2) is 34.2 Å². The van der Waals surface area contributed by atoms with Crippen LogP contribution in [0.2, 0.25) is 0 Å². The average Bonchev–Trinajstić information content (AvgIpc) is 2.51. The van der Waals surface area contributed by atoms with E-state index in [1.54, 1.807) is 17.7 Å². The van der Waals surface area contributed by atoms with Crippen molar-refractivity contribution in [3.8, 4) is 0 Å². The van der Waals surface area contributed by atoms with Crippen LogP contribution < -0.4 is 10.9 Å². The van der Waals surface area contributed by atoms with E-state index in [4.69, 9.17) is 0 Å². The van der Waals surface area contributed by atoms with Crippen LogP contribution in [0.5, 0.6) is 0 Å². The van der Waals surface area contributed by atoms with Crippen molar-refractivity contribution in [2.24, 2.45) is 5.92 Å². The predicted molar refractivity (Wildman–Crippen MR) is 90.2 cm³/mol. The van der Waals surface area contributed by atoms with Crippen LogP contribution in [0.3, 0.4) is 0 Å². The molecule has 0 fully saturated rings. The highest BCUT2D eigenvalue weighted by Gasteiger charge is 2.13. The Hall–Kier alpha value is -1.82. The van der Waals surface area contributed by atoms with Gasteiger partial charge in [-0.3, -0.25) is 14.2 Å². The van der Waals surface area contributed by atoms with Crippen LogP contribution in [0.4, 0.5) is 0 Å². The fourth-order valence-electron chi connectivity index (χ4n) is 2.04. The number of fused-ring (bicyclic) bond motifs is 1. The summed E-state index contributed by atoms with van der Waals surface area (Å²) >= 11 is 1.30. The molecule has 5 nitrogen and oxygen atoms in total. The number of carbonyl (C=O) groups is 1. The number of benzene rings is 1. The van der Waals surface area contributed by atoms with Crippen LogP contribution in [-0.4, -0.2) is 28.3 Å². The largest absolute Gasteiger partial charge is 0.358 e. The first-order valence-electron chi connectivity index (χ1n) is 7.36. The van der Waals surface area contributed by atoms with Crippen LogP contribution in [0.1, 0.15) is 20.3 Å². The normalized spacial score (nSPS) is 11.1. The van der Waals surface area contributed by atoms with E-state index in [9.17, 15) is 9.59 Å². The van der Waals surface area contributed by atoms with E-state index >= 15 is 0 Å². The molecule has 0 radical (unpaired) electrons. The number of rotatable bonds is 6. The molecule has 0 unspecified atom stereocenters. The number of carbonyl (C=O) groups excluding carboxylic acids is 1. The first-order chi connectivity index (χ1) is 10.5. The van der Waals surface area contributed by atoms with Crippen LogP contribution in [0, 0.1) is 5.92 Å². The highest BCUT2D eigenvalue weighted by Crippen LogP contribution is 2.18. The summed E-state index contributed by atoms with van der Waals surface area (Å²) in [5.74, 6) is 0.668. The highest BCUT2D eigenvalue weighted by atomic mass is 32.2. The van der Waals surface area contributed by atoms with E-state index in [0.29, 0.717) is 28.5 Å². The first-order valence-corrected chi connectivity index (χ1v) is 8.34. The number of thioether (sulfide) groups is 1. The molecular formula is C16H21N3O2S. The van der Waals surface area contributed by atoms with Gasteiger partial charge in [-0.2, -0.15) is 0 Å². The second-order valence-electron chi connectivity index (χ2n) is 5.51. The predicted octanol–water partition coefficient (Wildman–Crippen LogP) is 2.28. The maximum atomic E-state index is 12.7. The molecule has 1 N–H and O–H groups in total. The standard InChI is InChI=1S/C16H21N3O2S/c1-11(2)8-9-19-15(21)12-6-4-5-7-13(12)18-16(19)22-10-14(20)17-3/h4-7,11H,8-10H2,1-3H3,(H,17,20). The molecule has 0 bridgehead atoms. The summed E-state index contributed by atoms with van der Waals surface area (Å²) in [7, 11) is 1.60. The molecule has 2 aromatic rings. The Labute approximate surface area is 134 Å². The topological polar surface area (TPSA) is 64.0 Å². The summed E-state index contributed by atoms with van der Waals surface area (Å²) in [4.78, 5) is 28.7. The van der Waals surface area contributed by atoms with Crippen molar-refractivity contribution < 1.29 is 4.79 Å². The number of nitrogens with one attached hydrogen (secondary N) is 1. The molecule has 1 aromatic heterocycles. The molecule has 0 saturated carbocycles. The minimum Gasteiger partial charge on any atom is -0.358 e. The number of amides is 1. The van der Waals surface area contributed by atoms with Crippen molar-refractivity contribution in [2.45, 2.75) is 32.0 Å². The monoisotopic (exact) mass is 319 g/mol. The van der Waals surface area contributed by atoms with Crippen LogP contribution in [0.25, 0.3) is 10.9 Å². The van der Waals surface area contributed by atoms with Gasteiger partial charge in [0.1, 0.15) is 0 Å². The van der Waals surface area contributed by atoms with E-state index in [-0.39, 0.29) is 17.2 Å². The second kappa shape index (κ2) is 7.45.